The maximum Gasteiger partial charge on any atom is 0.234 e. The summed E-state index contributed by atoms with van der Waals surface area (Å²) in [5, 5.41) is 15.3. The Labute approximate surface area is 181 Å². The van der Waals surface area contributed by atoms with E-state index < -0.39 is 0 Å². The smallest absolute Gasteiger partial charge is 0.234 e. The highest BCUT2D eigenvalue weighted by Gasteiger charge is 2.30. The molecule has 1 aromatic carbocycles. The summed E-state index contributed by atoms with van der Waals surface area (Å²) in [5.41, 5.74) is 1.90. The van der Waals surface area contributed by atoms with Crippen molar-refractivity contribution in [1.82, 2.24) is 15.5 Å². The first-order chi connectivity index (χ1) is 14.6. The van der Waals surface area contributed by atoms with Crippen molar-refractivity contribution in [1.29, 1.82) is 0 Å². The van der Waals surface area contributed by atoms with Crippen LogP contribution in [0.3, 0.4) is 0 Å². The van der Waals surface area contributed by atoms with E-state index in [0.717, 1.165) is 49.3 Å². The Hall–Kier alpha value is -2.61. The van der Waals surface area contributed by atoms with E-state index in [4.69, 9.17) is 0 Å². The zero-order chi connectivity index (χ0) is 20.9. The van der Waals surface area contributed by atoms with Gasteiger partial charge in [-0.25, -0.2) is 0 Å². The molecule has 1 atom stereocenters. The van der Waals surface area contributed by atoms with Gasteiger partial charge in [-0.3, -0.25) is 9.59 Å². The molecule has 2 fully saturated rings. The third-order valence-corrected chi connectivity index (χ3v) is 6.24. The summed E-state index contributed by atoms with van der Waals surface area (Å²) in [6.45, 7) is 3.55. The number of aromatic nitrogens is 2. The van der Waals surface area contributed by atoms with E-state index in [2.05, 4.69) is 25.7 Å². The van der Waals surface area contributed by atoms with Crippen molar-refractivity contribution in [3.05, 3.63) is 42.0 Å². The maximum atomic E-state index is 12.4. The fourth-order valence-corrected chi connectivity index (χ4v) is 4.18. The van der Waals surface area contributed by atoms with Gasteiger partial charge in [-0.15, -0.1) is 10.2 Å². The lowest BCUT2D eigenvalue weighted by atomic mass is 9.97. The molecule has 0 spiro atoms. The van der Waals surface area contributed by atoms with Gasteiger partial charge in [0.25, 0.3) is 0 Å². The summed E-state index contributed by atoms with van der Waals surface area (Å²) in [4.78, 5) is 26.7. The SMILES string of the molecule is Cc1cccc(NC(=O)CSc2ccc(N3CCC[C@H](C(=O)NC4CC4)C3)nn2)c1. The summed E-state index contributed by atoms with van der Waals surface area (Å²) in [6.07, 6.45) is 4.11. The Bertz CT molecular complexity index is 901. The molecule has 2 N–H and O–H groups in total. The minimum atomic E-state index is -0.0722. The average molecular weight is 426 g/mol. The molecule has 4 rings (SSSR count). The molecule has 2 heterocycles. The molecule has 1 aromatic heterocycles. The molecule has 2 aliphatic rings. The minimum Gasteiger partial charge on any atom is -0.354 e. The van der Waals surface area contributed by atoms with Gasteiger partial charge in [-0.05, 0) is 62.4 Å². The van der Waals surface area contributed by atoms with E-state index >= 15 is 0 Å². The summed E-state index contributed by atoms with van der Waals surface area (Å²) in [6, 6.07) is 11.9. The molecular weight excluding hydrogens is 398 g/mol. The standard InChI is InChI=1S/C22H27N5O2S/c1-15-4-2-6-18(12-15)23-20(28)14-30-21-10-9-19(25-26-21)27-11-3-5-16(13-27)22(29)24-17-7-8-17/h2,4,6,9-10,12,16-17H,3,5,7-8,11,13-14H2,1H3,(H,23,28)(H,24,29)/t16-/m0/s1. The van der Waals surface area contributed by atoms with Crippen molar-refractivity contribution in [3.8, 4) is 0 Å². The summed E-state index contributed by atoms with van der Waals surface area (Å²) >= 11 is 1.36. The summed E-state index contributed by atoms with van der Waals surface area (Å²) in [5.74, 6) is 1.17. The van der Waals surface area contributed by atoms with Crippen LogP contribution >= 0.6 is 11.8 Å². The number of hydrogen-bond acceptors (Lipinski definition) is 6. The second-order valence-electron chi connectivity index (χ2n) is 8.00. The van der Waals surface area contributed by atoms with Crippen molar-refractivity contribution in [2.45, 2.75) is 43.7 Å². The van der Waals surface area contributed by atoms with Gasteiger partial charge in [0, 0.05) is 24.8 Å². The molecule has 0 bridgehead atoms. The maximum absolute atomic E-state index is 12.4. The third kappa shape index (κ3) is 5.72. The largest absolute Gasteiger partial charge is 0.354 e. The van der Waals surface area contributed by atoms with Crippen molar-refractivity contribution in [3.63, 3.8) is 0 Å². The molecule has 0 radical (unpaired) electrons. The number of nitrogens with one attached hydrogen (secondary N) is 2. The first-order valence-corrected chi connectivity index (χ1v) is 11.4. The van der Waals surface area contributed by atoms with Gasteiger partial charge in [-0.2, -0.15) is 0 Å². The Balaban J connectivity index is 1.27. The molecule has 0 unspecified atom stereocenters. The predicted molar refractivity (Wildman–Crippen MR) is 119 cm³/mol. The number of carbonyl (C=O) groups excluding carboxylic acids is 2. The number of aryl methyl sites for hydroxylation is 1. The Morgan fingerprint density at radius 2 is 2.03 bits per heavy atom. The number of hydrogen-bond donors (Lipinski definition) is 2. The van der Waals surface area contributed by atoms with E-state index in [1.165, 1.54) is 11.8 Å². The monoisotopic (exact) mass is 425 g/mol. The number of nitrogens with zero attached hydrogens (tertiary/aromatic N) is 3. The molecule has 2 amide bonds. The first kappa shape index (κ1) is 20.7. The van der Waals surface area contributed by atoms with Crippen LogP contribution in [-0.4, -0.2) is 46.9 Å². The lowest BCUT2D eigenvalue weighted by Crippen LogP contribution is -2.44. The second-order valence-corrected chi connectivity index (χ2v) is 9.00. The van der Waals surface area contributed by atoms with Crippen molar-refractivity contribution in [2.75, 3.05) is 29.1 Å². The fourth-order valence-electron chi connectivity index (χ4n) is 3.56. The van der Waals surface area contributed by atoms with E-state index in [0.29, 0.717) is 17.6 Å². The quantitative estimate of drug-likeness (QED) is 0.663. The van der Waals surface area contributed by atoms with Gasteiger partial charge in [0.15, 0.2) is 5.82 Å². The van der Waals surface area contributed by atoms with Crippen LogP contribution in [0.4, 0.5) is 11.5 Å². The van der Waals surface area contributed by atoms with Gasteiger partial charge in [0.1, 0.15) is 5.03 Å². The molecule has 1 saturated heterocycles. The van der Waals surface area contributed by atoms with Crippen LogP contribution in [0.1, 0.15) is 31.2 Å². The average Bonchev–Trinajstić information content (AvgIpc) is 3.57. The minimum absolute atomic E-state index is 0.0144. The van der Waals surface area contributed by atoms with Gasteiger partial charge >= 0.3 is 0 Å². The lowest BCUT2D eigenvalue weighted by molar-refractivity contribution is -0.125. The van der Waals surface area contributed by atoms with E-state index in [1.54, 1.807) is 0 Å². The number of thioether (sulfide) groups is 1. The van der Waals surface area contributed by atoms with Gasteiger partial charge in [0.2, 0.25) is 11.8 Å². The van der Waals surface area contributed by atoms with E-state index in [1.807, 2.05) is 43.3 Å². The second kappa shape index (κ2) is 9.47. The van der Waals surface area contributed by atoms with Crippen molar-refractivity contribution < 1.29 is 9.59 Å². The molecule has 1 aliphatic carbocycles. The summed E-state index contributed by atoms with van der Waals surface area (Å²) < 4.78 is 0. The molecule has 30 heavy (non-hydrogen) atoms. The van der Waals surface area contributed by atoms with Crippen LogP contribution < -0.4 is 15.5 Å². The molecule has 2 aromatic rings. The molecule has 1 saturated carbocycles. The third-order valence-electron chi connectivity index (χ3n) is 5.32. The Morgan fingerprint density at radius 1 is 1.17 bits per heavy atom. The molecular formula is C22H27N5O2S. The van der Waals surface area contributed by atoms with Crippen molar-refractivity contribution in [2.24, 2.45) is 5.92 Å². The zero-order valence-electron chi connectivity index (χ0n) is 17.1. The van der Waals surface area contributed by atoms with Crippen LogP contribution in [0.2, 0.25) is 0 Å². The first-order valence-electron chi connectivity index (χ1n) is 10.5. The van der Waals surface area contributed by atoms with E-state index in [9.17, 15) is 9.59 Å². The van der Waals surface area contributed by atoms with Crippen LogP contribution in [-0.2, 0) is 9.59 Å². The number of carbonyl (C=O) groups is 2. The van der Waals surface area contributed by atoms with Crippen LogP contribution in [0, 0.1) is 12.8 Å². The van der Waals surface area contributed by atoms with Crippen LogP contribution in [0.5, 0.6) is 0 Å². The Morgan fingerprint density at radius 3 is 2.77 bits per heavy atom. The van der Waals surface area contributed by atoms with Crippen LogP contribution in [0.25, 0.3) is 0 Å². The molecule has 1 aliphatic heterocycles. The number of benzene rings is 1. The van der Waals surface area contributed by atoms with E-state index in [-0.39, 0.29) is 23.5 Å². The van der Waals surface area contributed by atoms with Gasteiger partial charge < -0.3 is 15.5 Å². The Kier molecular flexibility index (Phi) is 6.52. The predicted octanol–water partition coefficient (Wildman–Crippen LogP) is 3.01. The normalized spacial score (nSPS) is 18.7. The number of piperidine rings is 1. The van der Waals surface area contributed by atoms with Gasteiger partial charge in [-0.1, -0.05) is 23.9 Å². The zero-order valence-corrected chi connectivity index (χ0v) is 18.0. The lowest BCUT2D eigenvalue weighted by Gasteiger charge is -2.32. The molecule has 8 heteroatoms. The summed E-state index contributed by atoms with van der Waals surface area (Å²) in [7, 11) is 0. The van der Waals surface area contributed by atoms with Gasteiger partial charge in [0.05, 0.1) is 11.7 Å². The highest BCUT2D eigenvalue weighted by atomic mass is 32.2. The number of anilines is 2. The number of amides is 2. The molecule has 7 nitrogen and oxygen atoms in total. The van der Waals surface area contributed by atoms with Crippen LogP contribution in [0.15, 0.2) is 41.4 Å². The fraction of sp³-hybridized carbons (Fsp3) is 0.455. The highest BCUT2D eigenvalue weighted by Crippen LogP contribution is 2.25. The topological polar surface area (TPSA) is 87.2 Å². The molecule has 158 valence electrons. The van der Waals surface area contributed by atoms with Crippen molar-refractivity contribution >= 4 is 35.1 Å². The number of rotatable bonds is 7. The highest BCUT2D eigenvalue weighted by molar-refractivity contribution is 7.99.